The maximum absolute atomic E-state index is 12.0. The second-order valence-electron chi connectivity index (χ2n) is 5.06. The van der Waals surface area contributed by atoms with Crippen molar-refractivity contribution in [2.24, 2.45) is 0 Å². The van der Waals surface area contributed by atoms with Gasteiger partial charge in [0.2, 0.25) is 11.8 Å². The summed E-state index contributed by atoms with van der Waals surface area (Å²) in [5, 5.41) is 11.0. The van der Waals surface area contributed by atoms with Crippen molar-refractivity contribution < 1.29 is 9.21 Å². The summed E-state index contributed by atoms with van der Waals surface area (Å²) < 4.78 is 7.09. The second kappa shape index (κ2) is 8.11. The highest BCUT2D eigenvalue weighted by Gasteiger charge is 2.12. The van der Waals surface area contributed by atoms with Gasteiger partial charge >= 0.3 is 0 Å². The number of benzene rings is 1. The van der Waals surface area contributed by atoms with Gasteiger partial charge in [0, 0.05) is 16.2 Å². The SMILES string of the molecule is Cc1ccc(-c2nnc(SCC(=O)Nc3ncc(Br)cc3Br)o2)cc1. The fraction of sp³-hybridized carbons (Fsp3) is 0.125. The molecule has 0 aliphatic rings. The number of pyridine rings is 1. The van der Waals surface area contributed by atoms with E-state index >= 15 is 0 Å². The Morgan fingerprint density at radius 2 is 2.00 bits per heavy atom. The first-order valence-electron chi connectivity index (χ1n) is 7.15. The van der Waals surface area contributed by atoms with Crippen LogP contribution in [-0.4, -0.2) is 26.8 Å². The molecule has 0 aliphatic heterocycles. The van der Waals surface area contributed by atoms with E-state index in [1.54, 1.807) is 6.20 Å². The minimum atomic E-state index is -0.212. The Bertz CT molecular complexity index is 899. The minimum absolute atomic E-state index is 0.139. The number of nitrogens with zero attached hydrogens (tertiary/aromatic N) is 3. The largest absolute Gasteiger partial charge is 0.411 e. The van der Waals surface area contributed by atoms with Crippen molar-refractivity contribution in [1.82, 2.24) is 15.2 Å². The summed E-state index contributed by atoms with van der Waals surface area (Å²) in [5.74, 6) is 0.815. The molecule has 1 amide bonds. The van der Waals surface area contributed by atoms with Crippen molar-refractivity contribution in [2.45, 2.75) is 12.1 Å². The molecule has 0 saturated carbocycles. The summed E-state index contributed by atoms with van der Waals surface area (Å²) in [6.45, 7) is 2.01. The zero-order valence-corrected chi connectivity index (χ0v) is 17.0. The lowest BCUT2D eigenvalue weighted by molar-refractivity contribution is -0.113. The van der Waals surface area contributed by atoms with E-state index in [0.717, 1.165) is 15.6 Å². The van der Waals surface area contributed by atoms with Crippen LogP contribution < -0.4 is 5.32 Å². The first-order valence-corrected chi connectivity index (χ1v) is 9.72. The summed E-state index contributed by atoms with van der Waals surface area (Å²) in [7, 11) is 0. The molecular weight excluding hydrogens is 472 g/mol. The van der Waals surface area contributed by atoms with Crippen LogP contribution in [0.2, 0.25) is 0 Å². The van der Waals surface area contributed by atoms with Crippen LogP contribution in [0, 0.1) is 6.92 Å². The lowest BCUT2D eigenvalue weighted by Gasteiger charge is -2.05. The molecule has 2 aromatic heterocycles. The van der Waals surface area contributed by atoms with Crippen molar-refractivity contribution in [1.29, 1.82) is 0 Å². The molecule has 0 fully saturated rings. The smallest absolute Gasteiger partial charge is 0.277 e. The Morgan fingerprint density at radius 1 is 1.24 bits per heavy atom. The highest BCUT2D eigenvalue weighted by atomic mass is 79.9. The number of carbonyl (C=O) groups excluding carboxylic acids is 1. The number of nitrogens with one attached hydrogen (secondary N) is 1. The van der Waals surface area contributed by atoms with E-state index in [1.165, 1.54) is 11.8 Å². The van der Waals surface area contributed by atoms with Gasteiger partial charge in [0.05, 0.1) is 10.2 Å². The molecule has 1 aromatic carbocycles. The monoisotopic (exact) mass is 482 g/mol. The maximum Gasteiger partial charge on any atom is 0.277 e. The van der Waals surface area contributed by atoms with Crippen LogP contribution in [0.1, 0.15) is 5.56 Å². The average Bonchev–Trinajstić information content (AvgIpc) is 3.05. The number of rotatable bonds is 5. The highest BCUT2D eigenvalue weighted by Crippen LogP contribution is 2.25. The fourth-order valence-electron chi connectivity index (χ4n) is 1.88. The Balaban J connectivity index is 1.58. The molecular formula is C16H12Br2N4O2S. The van der Waals surface area contributed by atoms with Crippen molar-refractivity contribution in [3.8, 4) is 11.5 Å². The van der Waals surface area contributed by atoms with Crippen molar-refractivity contribution in [2.75, 3.05) is 11.1 Å². The number of anilines is 1. The zero-order chi connectivity index (χ0) is 17.8. The van der Waals surface area contributed by atoms with Crippen LogP contribution in [0.25, 0.3) is 11.5 Å². The van der Waals surface area contributed by atoms with E-state index < -0.39 is 0 Å². The van der Waals surface area contributed by atoms with Gasteiger partial charge < -0.3 is 9.73 Å². The van der Waals surface area contributed by atoms with Gasteiger partial charge in [0.25, 0.3) is 5.22 Å². The Labute approximate surface area is 165 Å². The van der Waals surface area contributed by atoms with E-state index in [4.69, 9.17) is 4.42 Å². The molecule has 0 bridgehead atoms. The van der Waals surface area contributed by atoms with Crippen molar-refractivity contribution >= 4 is 55.3 Å². The topological polar surface area (TPSA) is 80.9 Å². The van der Waals surface area contributed by atoms with Crippen LogP contribution in [0.5, 0.6) is 0 Å². The van der Waals surface area contributed by atoms with Crippen LogP contribution in [0.4, 0.5) is 5.82 Å². The van der Waals surface area contributed by atoms with Crippen LogP contribution in [-0.2, 0) is 4.79 Å². The molecule has 0 spiro atoms. The van der Waals surface area contributed by atoms with Gasteiger partial charge in [-0.05, 0) is 57.0 Å². The number of hydrogen-bond donors (Lipinski definition) is 1. The van der Waals surface area contributed by atoms with Gasteiger partial charge in [-0.25, -0.2) is 4.98 Å². The normalized spacial score (nSPS) is 10.7. The zero-order valence-electron chi connectivity index (χ0n) is 13.0. The Morgan fingerprint density at radius 3 is 2.72 bits per heavy atom. The predicted molar refractivity (Wildman–Crippen MR) is 103 cm³/mol. The lowest BCUT2D eigenvalue weighted by Crippen LogP contribution is -2.15. The number of thioether (sulfide) groups is 1. The van der Waals surface area contributed by atoms with Crippen LogP contribution >= 0.6 is 43.6 Å². The average molecular weight is 484 g/mol. The first-order chi connectivity index (χ1) is 12.0. The summed E-state index contributed by atoms with van der Waals surface area (Å²) >= 11 is 7.83. The molecule has 0 unspecified atom stereocenters. The Hall–Kier alpha value is -1.71. The number of aryl methyl sites for hydroxylation is 1. The maximum atomic E-state index is 12.0. The van der Waals surface area contributed by atoms with Crippen LogP contribution in [0.3, 0.4) is 0 Å². The highest BCUT2D eigenvalue weighted by molar-refractivity contribution is 9.11. The molecule has 2 heterocycles. The van der Waals surface area contributed by atoms with Gasteiger partial charge in [0.1, 0.15) is 5.82 Å². The molecule has 128 valence electrons. The van der Waals surface area contributed by atoms with Gasteiger partial charge in [-0.3, -0.25) is 4.79 Å². The predicted octanol–water partition coefficient (Wildman–Crippen LogP) is 4.70. The minimum Gasteiger partial charge on any atom is -0.411 e. The number of carbonyl (C=O) groups is 1. The molecule has 1 N–H and O–H groups in total. The molecule has 3 aromatic rings. The second-order valence-corrected chi connectivity index (χ2v) is 7.76. The molecule has 25 heavy (non-hydrogen) atoms. The Kier molecular flexibility index (Phi) is 5.87. The van der Waals surface area contributed by atoms with E-state index in [2.05, 4.69) is 52.4 Å². The molecule has 0 atom stereocenters. The van der Waals surface area contributed by atoms with Crippen LogP contribution in [0.15, 0.2) is 55.1 Å². The van der Waals surface area contributed by atoms with Gasteiger partial charge in [0.15, 0.2) is 0 Å². The summed E-state index contributed by atoms with van der Waals surface area (Å²) in [6, 6.07) is 9.59. The number of amides is 1. The van der Waals surface area contributed by atoms with E-state index in [0.29, 0.717) is 21.4 Å². The molecule has 6 nitrogen and oxygen atoms in total. The van der Waals surface area contributed by atoms with Gasteiger partial charge in [-0.1, -0.05) is 29.5 Å². The quantitative estimate of drug-likeness (QED) is 0.530. The van der Waals surface area contributed by atoms with E-state index in [9.17, 15) is 4.79 Å². The molecule has 3 rings (SSSR count). The molecule has 0 saturated heterocycles. The third-order valence-corrected chi connectivity index (χ3v) is 4.95. The number of hydrogen-bond acceptors (Lipinski definition) is 6. The molecule has 0 aliphatic carbocycles. The molecule has 9 heteroatoms. The molecule has 0 radical (unpaired) electrons. The first kappa shape index (κ1) is 18.1. The van der Waals surface area contributed by atoms with Crippen molar-refractivity contribution in [3.05, 3.63) is 51.0 Å². The van der Waals surface area contributed by atoms with Gasteiger partial charge in [-0.2, -0.15) is 0 Å². The van der Waals surface area contributed by atoms with Crippen molar-refractivity contribution in [3.63, 3.8) is 0 Å². The standard InChI is InChI=1S/C16H12Br2N4O2S/c1-9-2-4-10(5-3-9)15-21-22-16(24-15)25-8-13(23)20-14-12(18)6-11(17)7-19-14/h2-7H,8H2,1H3,(H,19,20,23). The third kappa shape index (κ3) is 4.90. The van der Waals surface area contributed by atoms with E-state index in [-0.39, 0.29) is 11.7 Å². The fourth-order valence-corrected chi connectivity index (χ4v) is 3.53. The van der Waals surface area contributed by atoms with Gasteiger partial charge in [-0.15, -0.1) is 10.2 Å². The third-order valence-electron chi connectivity index (χ3n) is 3.10. The number of halogens is 2. The summed E-state index contributed by atoms with van der Waals surface area (Å²) in [5.41, 5.74) is 2.00. The summed E-state index contributed by atoms with van der Waals surface area (Å²) in [4.78, 5) is 16.2. The number of aromatic nitrogens is 3. The van der Waals surface area contributed by atoms with E-state index in [1.807, 2.05) is 37.3 Å². The lowest BCUT2D eigenvalue weighted by atomic mass is 10.1. The summed E-state index contributed by atoms with van der Waals surface area (Å²) in [6.07, 6.45) is 1.61.